The molecule has 0 unspecified atom stereocenters. The predicted octanol–water partition coefficient (Wildman–Crippen LogP) is 1.89. The van der Waals surface area contributed by atoms with Crippen molar-refractivity contribution in [2.24, 2.45) is 5.92 Å². The van der Waals surface area contributed by atoms with Gasteiger partial charge < -0.3 is 15.7 Å². The summed E-state index contributed by atoms with van der Waals surface area (Å²) in [5, 5.41) is 15.8. The number of hydrogen-bond donors (Lipinski definition) is 3. The lowest BCUT2D eigenvalue weighted by atomic mass is 9.85. The van der Waals surface area contributed by atoms with Gasteiger partial charge in [0, 0.05) is 23.6 Å². The molecule has 0 bridgehead atoms. The number of rotatable bonds is 5. The highest BCUT2D eigenvalue weighted by Gasteiger charge is 2.31. The van der Waals surface area contributed by atoms with Crippen molar-refractivity contribution in [2.75, 3.05) is 0 Å². The Labute approximate surface area is 136 Å². The minimum absolute atomic E-state index is 0.0137. The first-order valence-corrected chi connectivity index (χ1v) is 8.48. The molecule has 2 aliphatic rings. The molecule has 0 spiro atoms. The van der Waals surface area contributed by atoms with Gasteiger partial charge in [0.2, 0.25) is 11.8 Å². The van der Waals surface area contributed by atoms with E-state index in [1.54, 1.807) is 24.3 Å². The van der Waals surface area contributed by atoms with E-state index in [0.29, 0.717) is 18.0 Å². The second-order valence-electron chi connectivity index (χ2n) is 6.72. The number of phenolic OH excluding ortho intramolecular Hbond substituents is 1. The van der Waals surface area contributed by atoms with Crippen LogP contribution < -0.4 is 10.6 Å². The highest BCUT2D eigenvalue weighted by molar-refractivity contribution is 5.81. The Balaban J connectivity index is 1.49. The standard InChI is InChI=1S/C18H24N2O3/c21-16-7-2-1-4-12(16)11-17(22)19-15-6-3-5-13(10-15)18(23)20-14-8-9-14/h1-2,4,7,13-15,21H,3,5-6,8-11H2,(H,19,22)(H,20,23)/t13-,15-/m0/s1. The Bertz CT molecular complexity index is 583. The molecule has 3 N–H and O–H groups in total. The molecule has 0 heterocycles. The van der Waals surface area contributed by atoms with Gasteiger partial charge in [-0.3, -0.25) is 9.59 Å². The van der Waals surface area contributed by atoms with Gasteiger partial charge in [-0.1, -0.05) is 24.6 Å². The van der Waals surface area contributed by atoms with E-state index in [1.165, 1.54) is 0 Å². The molecular formula is C18H24N2O3. The summed E-state index contributed by atoms with van der Waals surface area (Å²) in [4.78, 5) is 24.3. The average Bonchev–Trinajstić information content (AvgIpc) is 3.34. The van der Waals surface area contributed by atoms with Crippen LogP contribution in [0.4, 0.5) is 0 Å². The van der Waals surface area contributed by atoms with Gasteiger partial charge in [0.25, 0.3) is 0 Å². The molecule has 0 saturated heterocycles. The highest BCUT2D eigenvalue weighted by atomic mass is 16.3. The summed E-state index contributed by atoms with van der Waals surface area (Å²) in [6.07, 6.45) is 5.86. The fourth-order valence-electron chi connectivity index (χ4n) is 3.22. The van der Waals surface area contributed by atoms with Crippen molar-refractivity contribution in [1.29, 1.82) is 0 Å². The van der Waals surface area contributed by atoms with Gasteiger partial charge in [-0.2, -0.15) is 0 Å². The van der Waals surface area contributed by atoms with E-state index in [4.69, 9.17) is 0 Å². The first kappa shape index (κ1) is 15.8. The second-order valence-corrected chi connectivity index (χ2v) is 6.72. The number of phenols is 1. The van der Waals surface area contributed by atoms with Crippen LogP contribution in [0, 0.1) is 5.92 Å². The maximum Gasteiger partial charge on any atom is 0.224 e. The minimum atomic E-state index is -0.0975. The molecule has 0 radical (unpaired) electrons. The first-order valence-electron chi connectivity index (χ1n) is 8.48. The number of amides is 2. The Morgan fingerprint density at radius 2 is 1.83 bits per heavy atom. The van der Waals surface area contributed by atoms with Crippen LogP contribution in [0.2, 0.25) is 0 Å². The molecule has 2 saturated carbocycles. The number of nitrogens with one attached hydrogen (secondary N) is 2. The van der Waals surface area contributed by atoms with Gasteiger partial charge >= 0.3 is 0 Å². The molecule has 5 heteroatoms. The number of carbonyl (C=O) groups is 2. The quantitative estimate of drug-likeness (QED) is 0.776. The van der Waals surface area contributed by atoms with Gasteiger partial charge in [-0.15, -0.1) is 0 Å². The number of para-hydroxylation sites is 1. The van der Waals surface area contributed by atoms with Gasteiger partial charge in [-0.25, -0.2) is 0 Å². The van der Waals surface area contributed by atoms with Crippen molar-refractivity contribution >= 4 is 11.8 Å². The molecule has 1 aromatic rings. The molecule has 124 valence electrons. The SMILES string of the molecule is O=C(Cc1ccccc1O)N[C@H]1CCC[C@H](C(=O)NC2CC2)C1. The molecule has 3 rings (SSSR count). The fourth-order valence-corrected chi connectivity index (χ4v) is 3.22. The molecule has 0 aliphatic heterocycles. The molecule has 2 fully saturated rings. The Kier molecular flexibility index (Phi) is 4.84. The molecule has 5 nitrogen and oxygen atoms in total. The maximum atomic E-state index is 12.2. The zero-order chi connectivity index (χ0) is 16.2. The normalized spacial score (nSPS) is 24.0. The zero-order valence-corrected chi connectivity index (χ0v) is 13.3. The molecule has 2 atom stereocenters. The maximum absolute atomic E-state index is 12.2. The lowest BCUT2D eigenvalue weighted by Crippen LogP contribution is -2.43. The van der Waals surface area contributed by atoms with Gasteiger partial charge in [-0.05, 0) is 38.2 Å². The first-order chi connectivity index (χ1) is 11.1. The van der Waals surface area contributed by atoms with Crippen molar-refractivity contribution in [3.8, 4) is 5.75 Å². The van der Waals surface area contributed by atoms with E-state index in [0.717, 1.165) is 32.1 Å². The van der Waals surface area contributed by atoms with Crippen molar-refractivity contribution in [2.45, 2.75) is 57.0 Å². The van der Waals surface area contributed by atoms with Crippen molar-refractivity contribution in [1.82, 2.24) is 10.6 Å². The summed E-state index contributed by atoms with van der Waals surface area (Å²) < 4.78 is 0. The smallest absolute Gasteiger partial charge is 0.224 e. The Morgan fingerprint density at radius 3 is 2.57 bits per heavy atom. The molecular weight excluding hydrogens is 292 g/mol. The van der Waals surface area contributed by atoms with Crippen molar-refractivity contribution in [3.05, 3.63) is 29.8 Å². The Hall–Kier alpha value is -2.04. The van der Waals surface area contributed by atoms with Crippen LogP contribution in [-0.2, 0) is 16.0 Å². The summed E-state index contributed by atoms with van der Waals surface area (Å²) in [6, 6.07) is 7.32. The summed E-state index contributed by atoms with van der Waals surface area (Å²) in [5.74, 6) is 0.208. The van der Waals surface area contributed by atoms with Crippen LogP contribution in [-0.4, -0.2) is 29.0 Å². The topological polar surface area (TPSA) is 78.4 Å². The number of aromatic hydroxyl groups is 1. The summed E-state index contributed by atoms with van der Waals surface area (Å²) in [6.45, 7) is 0. The second kappa shape index (κ2) is 7.02. The van der Waals surface area contributed by atoms with E-state index in [9.17, 15) is 14.7 Å². The van der Waals surface area contributed by atoms with E-state index >= 15 is 0 Å². The van der Waals surface area contributed by atoms with Crippen LogP contribution in [0.25, 0.3) is 0 Å². The average molecular weight is 316 g/mol. The summed E-state index contributed by atoms with van der Waals surface area (Å²) in [5.41, 5.74) is 0.629. The summed E-state index contributed by atoms with van der Waals surface area (Å²) in [7, 11) is 0. The number of benzene rings is 1. The zero-order valence-electron chi connectivity index (χ0n) is 13.3. The van der Waals surface area contributed by atoms with Crippen LogP contribution >= 0.6 is 0 Å². The van der Waals surface area contributed by atoms with Crippen molar-refractivity contribution < 1.29 is 14.7 Å². The van der Waals surface area contributed by atoms with E-state index in [-0.39, 0.29) is 35.9 Å². The van der Waals surface area contributed by atoms with Gasteiger partial charge in [0.1, 0.15) is 5.75 Å². The van der Waals surface area contributed by atoms with Crippen LogP contribution in [0.1, 0.15) is 44.1 Å². The Morgan fingerprint density at radius 1 is 1.04 bits per heavy atom. The highest BCUT2D eigenvalue weighted by Crippen LogP contribution is 2.27. The van der Waals surface area contributed by atoms with Gasteiger partial charge in [0.15, 0.2) is 0 Å². The fraction of sp³-hybridized carbons (Fsp3) is 0.556. The van der Waals surface area contributed by atoms with E-state index < -0.39 is 0 Å². The summed E-state index contributed by atoms with van der Waals surface area (Å²) >= 11 is 0. The molecule has 1 aromatic carbocycles. The minimum Gasteiger partial charge on any atom is -0.508 e. The molecule has 23 heavy (non-hydrogen) atoms. The lowest BCUT2D eigenvalue weighted by molar-refractivity contribution is -0.127. The molecule has 2 amide bonds. The largest absolute Gasteiger partial charge is 0.508 e. The third kappa shape index (κ3) is 4.47. The predicted molar refractivity (Wildman–Crippen MR) is 86.9 cm³/mol. The van der Waals surface area contributed by atoms with Crippen LogP contribution in [0.3, 0.4) is 0 Å². The lowest BCUT2D eigenvalue weighted by Gasteiger charge is -2.29. The third-order valence-corrected chi connectivity index (χ3v) is 4.68. The number of hydrogen-bond acceptors (Lipinski definition) is 3. The van der Waals surface area contributed by atoms with Crippen LogP contribution in [0.15, 0.2) is 24.3 Å². The van der Waals surface area contributed by atoms with E-state index in [1.807, 2.05) is 0 Å². The molecule has 0 aromatic heterocycles. The molecule has 2 aliphatic carbocycles. The van der Waals surface area contributed by atoms with Gasteiger partial charge in [0.05, 0.1) is 6.42 Å². The van der Waals surface area contributed by atoms with E-state index in [2.05, 4.69) is 10.6 Å². The third-order valence-electron chi connectivity index (χ3n) is 4.68. The van der Waals surface area contributed by atoms with Crippen molar-refractivity contribution in [3.63, 3.8) is 0 Å². The number of carbonyl (C=O) groups excluding carboxylic acids is 2. The van der Waals surface area contributed by atoms with Crippen LogP contribution in [0.5, 0.6) is 5.75 Å². The monoisotopic (exact) mass is 316 g/mol.